The highest BCUT2D eigenvalue weighted by Crippen LogP contribution is 2.53. The maximum absolute atomic E-state index is 13.2. The Labute approximate surface area is 206 Å². The minimum atomic E-state index is -3.97. The molecule has 0 saturated heterocycles. The number of benzene rings is 1. The minimum absolute atomic E-state index is 0.381. The third kappa shape index (κ3) is 10.8. The zero-order valence-electron chi connectivity index (χ0n) is 20.8. The Morgan fingerprint density at radius 2 is 1.50 bits per heavy atom. The Balaban J connectivity index is 3.19. The quantitative estimate of drug-likeness (QED) is 0.277. The summed E-state index contributed by atoms with van der Waals surface area (Å²) in [5, 5.41) is 2.05. The minimum Gasteiger partial charge on any atom is -0.458 e. The molecule has 1 aromatic carbocycles. The highest BCUT2D eigenvalue weighted by atomic mass is 32.1. The van der Waals surface area contributed by atoms with Crippen molar-refractivity contribution in [2.75, 3.05) is 14.2 Å². The van der Waals surface area contributed by atoms with Crippen molar-refractivity contribution in [3.05, 3.63) is 30.3 Å². The molecule has 0 bridgehead atoms. The number of para-hydroxylation sites is 1. The van der Waals surface area contributed by atoms with Crippen LogP contribution in [0.3, 0.4) is 0 Å². The molecule has 0 saturated carbocycles. The SMILES string of the molecule is COP(=O)(OC)C(C[C@H](NC(=O)OC(C)(C)C)C(=O)OC(C)(C)C)OC(=S)Oc1ccccc1. The first-order valence-corrected chi connectivity index (χ1v) is 12.5. The summed E-state index contributed by atoms with van der Waals surface area (Å²) in [7, 11) is -1.65. The van der Waals surface area contributed by atoms with Gasteiger partial charge in [0.05, 0.1) is 0 Å². The van der Waals surface area contributed by atoms with Gasteiger partial charge in [-0.2, -0.15) is 0 Å². The fourth-order valence-electron chi connectivity index (χ4n) is 2.51. The second-order valence-electron chi connectivity index (χ2n) is 9.11. The number of esters is 1. The molecule has 1 unspecified atom stereocenters. The molecule has 0 radical (unpaired) electrons. The summed E-state index contributed by atoms with van der Waals surface area (Å²) in [6.45, 7) is 10.0. The molecule has 12 heteroatoms. The van der Waals surface area contributed by atoms with Crippen LogP contribution in [0.25, 0.3) is 0 Å². The molecule has 0 heterocycles. The molecule has 1 aromatic rings. The third-order valence-corrected chi connectivity index (χ3v) is 6.08. The molecule has 0 aliphatic carbocycles. The predicted molar refractivity (Wildman–Crippen MR) is 130 cm³/mol. The smallest absolute Gasteiger partial charge is 0.408 e. The van der Waals surface area contributed by atoms with E-state index in [0.717, 1.165) is 14.2 Å². The molecule has 0 spiro atoms. The maximum Gasteiger partial charge on any atom is 0.408 e. The standard InChI is InChI=1S/C22H34NO9PS/c1-21(2,3)31-18(24)16(23-19(25)32-22(4,5)6)14-17(33(26,27-7)28-8)30-20(34)29-15-12-10-9-11-13-15/h9-13,16-17H,14H2,1-8H3,(H,23,25)/t16-,17?/m0/s1. The highest BCUT2D eigenvalue weighted by molar-refractivity contribution is 7.79. The Morgan fingerprint density at radius 1 is 0.971 bits per heavy atom. The van der Waals surface area contributed by atoms with E-state index in [2.05, 4.69) is 5.32 Å². The van der Waals surface area contributed by atoms with E-state index in [-0.39, 0.29) is 11.7 Å². The molecule has 1 rings (SSSR count). The monoisotopic (exact) mass is 519 g/mol. The molecule has 0 aliphatic rings. The summed E-state index contributed by atoms with van der Waals surface area (Å²) in [5.74, 6) is -1.85. The van der Waals surface area contributed by atoms with Gasteiger partial charge in [-0.3, -0.25) is 4.57 Å². The third-order valence-electron chi connectivity index (χ3n) is 3.86. The van der Waals surface area contributed by atoms with E-state index in [1.807, 2.05) is 0 Å². The first-order valence-electron chi connectivity index (χ1n) is 10.5. The molecule has 0 aromatic heterocycles. The van der Waals surface area contributed by atoms with Gasteiger partial charge in [-0.15, -0.1) is 0 Å². The molecular formula is C22H34NO9PS. The lowest BCUT2D eigenvalue weighted by Crippen LogP contribution is -2.48. The highest BCUT2D eigenvalue weighted by Gasteiger charge is 2.42. The first-order chi connectivity index (χ1) is 15.6. The van der Waals surface area contributed by atoms with Gasteiger partial charge in [-0.25, -0.2) is 9.59 Å². The van der Waals surface area contributed by atoms with E-state index in [9.17, 15) is 14.2 Å². The van der Waals surface area contributed by atoms with Crippen LogP contribution in [0.15, 0.2) is 30.3 Å². The van der Waals surface area contributed by atoms with Crippen molar-refractivity contribution in [3.63, 3.8) is 0 Å². The van der Waals surface area contributed by atoms with Gasteiger partial charge >= 0.3 is 24.9 Å². The predicted octanol–water partition coefficient (Wildman–Crippen LogP) is 4.80. The number of amides is 1. The van der Waals surface area contributed by atoms with Gasteiger partial charge < -0.3 is 33.3 Å². The van der Waals surface area contributed by atoms with E-state index in [1.54, 1.807) is 71.9 Å². The van der Waals surface area contributed by atoms with Gasteiger partial charge in [0.2, 0.25) is 5.85 Å². The zero-order valence-corrected chi connectivity index (χ0v) is 22.5. The molecule has 0 aliphatic heterocycles. The zero-order chi connectivity index (χ0) is 26.2. The molecule has 192 valence electrons. The van der Waals surface area contributed by atoms with Crippen molar-refractivity contribution in [2.45, 2.75) is 71.1 Å². The lowest BCUT2D eigenvalue weighted by atomic mass is 10.1. The lowest BCUT2D eigenvalue weighted by Gasteiger charge is -2.30. The van der Waals surface area contributed by atoms with Crippen LogP contribution in [0.5, 0.6) is 5.75 Å². The summed E-state index contributed by atoms with van der Waals surface area (Å²) in [6, 6.07) is 7.20. The van der Waals surface area contributed by atoms with E-state index < -0.39 is 42.7 Å². The Kier molecular flexibility index (Phi) is 11.0. The Hall–Kier alpha value is -2.20. The van der Waals surface area contributed by atoms with Crippen LogP contribution >= 0.6 is 19.8 Å². The van der Waals surface area contributed by atoms with Gasteiger partial charge in [0.15, 0.2) is 0 Å². The number of carbonyl (C=O) groups is 2. The number of rotatable bonds is 9. The topological polar surface area (TPSA) is 119 Å². The van der Waals surface area contributed by atoms with E-state index in [1.165, 1.54) is 0 Å². The molecule has 34 heavy (non-hydrogen) atoms. The Morgan fingerprint density at radius 3 is 1.97 bits per heavy atom. The number of hydrogen-bond donors (Lipinski definition) is 1. The van der Waals surface area contributed by atoms with Gasteiger partial charge in [-0.05, 0) is 53.7 Å². The molecule has 1 N–H and O–H groups in total. The maximum atomic E-state index is 13.2. The normalized spacial score (nSPS) is 13.9. The van der Waals surface area contributed by atoms with Crippen LogP contribution in [0.4, 0.5) is 4.79 Å². The lowest BCUT2D eigenvalue weighted by molar-refractivity contribution is -0.158. The number of ether oxygens (including phenoxy) is 4. The van der Waals surface area contributed by atoms with Crippen LogP contribution < -0.4 is 10.1 Å². The van der Waals surface area contributed by atoms with Crippen LogP contribution in [-0.4, -0.2) is 54.6 Å². The number of nitrogens with one attached hydrogen (secondary N) is 1. The van der Waals surface area contributed by atoms with Gasteiger partial charge in [-0.1, -0.05) is 18.2 Å². The van der Waals surface area contributed by atoms with Crippen molar-refractivity contribution >= 4 is 37.1 Å². The average molecular weight is 520 g/mol. The molecule has 1 amide bonds. The van der Waals surface area contributed by atoms with Crippen LogP contribution in [0.1, 0.15) is 48.0 Å². The summed E-state index contributed by atoms with van der Waals surface area (Å²) >= 11 is 5.14. The summed E-state index contributed by atoms with van der Waals surface area (Å²) in [4.78, 5) is 25.3. The summed E-state index contributed by atoms with van der Waals surface area (Å²) in [6.07, 6.45) is -1.26. The second kappa shape index (κ2) is 12.5. The molecule has 2 atom stereocenters. The largest absolute Gasteiger partial charge is 0.458 e. The molecular weight excluding hydrogens is 485 g/mol. The first kappa shape index (κ1) is 29.8. The summed E-state index contributed by atoms with van der Waals surface area (Å²) < 4.78 is 45.0. The fourth-order valence-corrected chi connectivity index (χ4v) is 4.11. The molecule has 10 nitrogen and oxygen atoms in total. The van der Waals surface area contributed by atoms with Crippen LogP contribution in [-0.2, 0) is 32.6 Å². The number of alkyl carbamates (subject to hydrolysis) is 1. The fraction of sp³-hybridized carbons (Fsp3) is 0.591. The van der Waals surface area contributed by atoms with E-state index >= 15 is 0 Å². The van der Waals surface area contributed by atoms with Crippen molar-refractivity contribution in [1.82, 2.24) is 5.32 Å². The van der Waals surface area contributed by atoms with Gasteiger partial charge in [0.25, 0.3) is 0 Å². The number of hydrogen-bond acceptors (Lipinski definition) is 10. The molecule has 0 fully saturated rings. The van der Waals surface area contributed by atoms with Crippen LogP contribution in [0.2, 0.25) is 0 Å². The number of carbonyl (C=O) groups excluding carboxylic acids is 2. The van der Waals surface area contributed by atoms with E-state index in [0.29, 0.717) is 5.75 Å². The number of thiocarbonyl (C=S) groups is 1. The summed E-state index contributed by atoms with van der Waals surface area (Å²) in [5.41, 5.74) is -1.68. The van der Waals surface area contributed by atoms with Crippen molar-refractivity contribution in [1.29, 1.82) is 0 Å². The average Bonchev–Trinajstić information content (AvgIpc) is 2.70. The van der Waals surface area contributed by atoms with Crippen molar-refractivity contribution < 1.29 is 42.1 Å². The van der Waals surface area contributed by atoms with Crippen LogP contribution in [0, 0.1) is 0 Å². The van der Waals surface area contributed by atoms with Crippen molar-refractivity contribution in [3.8, 4) is 5.75 Å². The van der Waals surface area contributed by atoms with Gasteiger partial charge in [0.1, 0.15) is 23.0 Å². The van der Waals surface area contributed by atoms with E-state index in [4.69, 9.17) is 40.2 Å². The second-order valence-corrected chi connectivity index (χ2v) is 11.8. The van der Waals surface area contributed by atoms with Gasteiger partial charge in [0, 0.05) is 32.9 Å². The van der Waals surface area contributed by atoms with Crippen molar-refractivity contribution in [2.24, 2.45) is 0 Å². The Bertz CT molecular complexity index is 873.